The Morgan fingerprint density at radius 2 is 2.00 bits per heavy atom. The largest absolute Gasteiger partial charge is 0.504 e. The average Bonchev–Trinajstić information content (AvgIpc) is 2.52. The molecule has 0 spiro atoms. The Labute approximate surface area is 136 Å². The number of para-hydroxylation sites is 1. The first-order chi connectivity index (χ1) is 11.0. The topological polar surface area (TPSA) is 79.9 Å². The maximum absolute atomic E-state index is 10.0. The Morgan fingerprint density at radius 1 is 1.22 bits per heavy atom. The third kappa shape index (κ3) is 4.39. The van der Waals surface area contributed by atoms with E-state index in [4.69, 9.17) is 10.5 Å². The van der Waals surface area contributed by atoms with Crippen LogP contribution in [-0.2, 0) is 6.42 Å². The first-order valence-electron chi connectivity index (χ1n) is 7.50. The summed E-state index contributed by atoms with van der Waals surface area (Å²) in [7, 11) is 1.53. The molecule has 4 N–H and O–H groups in total. The summed E-state index contributed by atoms with van der Waals surface area (Å²) in [4.78, 5) is 4.29. The first kappa shape index (κ1) is 16.7. The monoisotopic (exact) mass is 313 g/mol. The van der Waals surface area contributed by atoms with Crippen LogP contribution in [0.1, 0.15) is 16.7 Å². The molecular formula is C18H23N3O2. The van der Waals surface area contributed by atoms with Gasteiger partial charge in [-0.25, -0.2) is 0 Å². The predicted octanol–water partition coefficient (Wildman–Crippen LogP) is 2.99. The number of nitrogens with zero attached hydrogens (tertiary/aromatic N) is 1. The molecule has 0 amide bonds. The van der Waals surface area contributed by atoms with Crippen LogP contribution in [0.3, 0.4) is 0 Å². The highest BCUT2D eigenvalue weighted by Gasteiger charge is 2.06. The average molecular weight is 313 g/mol. The molecule has 0 saturated heterocycles. The van der Waals surface area contributed by atoms with Crippen molar-refractivity contribution in [2.75, 3.05) is 19.0 Å². The number of anilines is 1. The zero-order valence-electron chi connectivity index (χ0n) is 13.8. The van der Waals surface area contributed by atoms with E-state index in [-0.39, 0.29) is 5.75 Å². The van der Waals surface area contributed by atoms with E-state index >= 15 is 0 Å². The van der Waals surface area contributed by atoms with Crippen LogP contribution in [0, 0.1) is 13.8 Å². The zero-order valence-corrected chi connectivity index (χ0v) is 13.8. The lowest BCUT2D eigenvalue weighted by Gasteiger charge is -2.09. The second kappa shape index (κ2) is 7.54. The number of aromatic hydroxyl groups is 1. The predicted molar refractivity (Wildman–Crippen MR) is 94.4 cm³/mol. The first-order valence-corrected chi connectivity index (χ1v) is 7.50. The van der Waals surface area contributed by atoms with Crippen molar-refractivity contribution in [3.8, 4) is 11.5 Å². The van der Waals surface area contributed by atoms with Crippen LogP contribution in [-0.4, -0.2) is 24.7 Å². The molecule has 0 aliphatic carbocycles. The number of aliphatic imine (C=N–C) groups is 1. The van der Waals surface area contributed by atoms with Crippen LogP contribution in [0.4, 0.5) is 5.69 Å². The van der Waals surface area contributed by atoms with Gasteiger partial charge in [0.05, 0.1) is 7.11 Å². The molecule has 0 aliphatic rings. The number of hydrogen-bond acceptors (Lipinski definition) is 3. The van der Waals surface area contributed by atoms with Gasteiger partial charge in [0.2, 0.25) is 0 Å². The molecule has 0 aliphatic heterocycles. The van der Waals surface area contributed by atoms with Crippen molar-refractivity contribution in [3.05, 3.63) is 53.1 Å². The van der Waals surface area contributed by atoms with Crippen molar-refractivity contribution < 1.29 is 9.84 Å². The maximum atomic E-state index is 10.0. The molecule has 0 aromatic heterocycles. The molecule has 2 aromatic carbocycles. The van der Waals surface area contributed by atoms with E-state index in [1.165, 1.54) is 18.2 Å². The molecule has 2 aromatic rings. The Kier molecular flexibility index (Phi) is 5.46. The fourth-order valence-electron chi connectivity index (χ4n) is 2.24. The zero-order chi connectivity index (χ0) is 16.8. The van der Waals surface area contributed by atoms with E-state index in [2.05, 4.69) is 24.2 Å². The lowest BCUT2D eigenvalue weighted by Crippen LogP contribution is -2.23. The van der Waals surface area contributed by atoms with Gasteiger partial charge in [-0.3, -0.25) is 4.99 Å². The van der Waals surface area contributed by atoms with Gasteiger partial charge in [-0.2, -0.15) is 0 Å². The van der Waals surface area contributed by atoms with Crippen molar-refractivity contribution in [2.45, 2.75) is 20.3 Å². The van der Waals surface area contributed by atoms with Crippen LogP contribution in [0.15, 0.2) is 41.4 Å². The number of ether oxygens (including phenoxy) is 1. The van der Waals surface area contributed by atoms with E-state index in [1.807, 2.05) is 30.3 Å². The molecule has 0 atom stereocenters. The number of methoxy groups -OCH3 is 1. The molecule has 0 bridgehead atoms. The fourth-order valence-corrected chi connectivity index (χ4v) is 2.24. The van der Waals surface area contributed by atoms with Crippen molar-refractivity contribution in [1.29, 1.82) is 0 Å². The van der Waals surface area contributed by atoms with E-state index in [0.29, 0.717) is 24.7 Å². The second-order valence-electron chi connectivity index (χ2n) is 5.41. The summed E-state index contributed by atoms with van der Waals surface area (Å²) < 4.78 is 5.09. The lowest BCUT2D eigenvalue weighted by atomic mass is 10.1. The van der Waals surface area contributed by atoms with Crippen molar-refractivity contribution >= 4 is 11.6 Å². The summed E-state index contributed by atoms with van der Waals surface area (Å²) in [5.41, 5.74) is 10.0. The number of nitrogens with two attached hydrogens (primary N) is 1. The molecular weight excluding hydrogens is 290 g/mol. The summed E-state index contributed by atoms with van der Waals surface area (Å²) in [6, 6.07) is 11.5. The van der Waals surface area contributed by atoms with Crippen LogP contribution in [0.25, 0.3) is 0 Å². The molecule has 122 valence electrons. The van der Waals surface area contributed by atoms with Gasteiger partial charge in [-0.1, -0.05) is 18.2 Å². The number of aryl methyl sites for hydroxylation is 2. The molecule has 5 nitrogen and oxygen atoms in total. The minimum Gasteiger partial charge on any atom is -0.504 e. The van der Waals surface area contributed by atoms with Crippen LogP contribution < -0.4 is 15.8 Å². The van der Waals surface area contributed by atoms with E-state index in [9.17, 15) is 5.11 Å². The van der Waals surface area contributed by atoms with Crippen LogP contribution in [0.5, 0.6) is 11.5 Å². The van der Waals surface area contributed by atoms with E-state index in [0.717, 1.165) is 11.3 Å². The number of phenols is 1. The van der Waals surface area contributed by atoms with Gasteiger partial charge < -0.3 is 20.9 Å². The summed E-state index contributed by atoms with van der Waals surface area (Å²) in [5.74, 6) is 0.981. The molecule has 0 radical (unpaired) electrons. The van der Waals surface area contributed by atoms with Crippen molar-refractivity contribution in [2.24, 2.45) is 10.7 Å². The molecule has 0 saturated carbocycles. The number of nitrogens with one attached hydrogen (secondary N) is 1. The number of guanidine groups is 1. The third-order valence-electron chi connectivity index (χ3n) is 3.75. The number of phenolic OH excluding ortho intramolecular Hbond substituents is 1. The van der Waals surface area contributed by atoms with Gasteiger partial charge in [0, 0.05) is 12.2 Å². The van der Waals surface area contributed by atoms with Gasteiger partial charge in [-0.15, -0.1) is 0 Å². The minimum absolute atomic E-state index is 0.158. The Hall–Kier alpha value is -2.69. The molecule has 0 heterocycles. The highest BCUT2D eigenvalue weighted by Crippen LogP contribution is 2.29. The maximum Gasteiger partial charge on any atom is 0.193 e. The minimum atomic E-state index is 0.158. The fraction of sp³-hybridized carbons (Fsp3) is 0.278. The SMILES string of the molecule is COc1cccc(CCN=C(N)Nc2ccc(C)c(C)c2)c1O. The van der Waals surface area contributed by atoms with Gasteiger partial charge in [-0.05, 0) is 55.2 Å². The van der Waals surface area contributed by atoms with Gasteiger partial charge >= 0.3 is 0 Å². The molecule has 0 fully saturated rings. The van der Waals surface area contributed by atoms with Gasteiger partial charge in [0.1, 0.15) is 0 Å². The molecule has 5 heteroatoms. The Balaban J connectivity index is 1.96. The van der Waals surface area contributed by atoms with Crippen molar-refractivity contribution in [1.82, 2.24) is 0 Å². The summed E-state index contributed by atoms with van der Waals surface area (Å²) in [5, 5.41) is 13.1. The summed E-state index contributed by atoms with van der Waals surface area (Å²) >= 11 is 0. The van der Waals surface area contributed by atoms with Gasteiger partial charge in [0.25, 0.3) is 0 Å². The summed E-state index contributed by atoms with van der Waals surface area (Å²) in [6.07, 6.45) is 0.582. The lowest BCUT2D eigenvalue weighted by molar-refractivity contribution is 0.370. The Morgan fingerprint density at radius 3 is 2.70 bits per heavy atom. The van der Waals surface area contributed by atoms with E-state index in [1.54, 1.807) is 6.07 Å². The summed E-state index contributed by atoms with van der Waals surface area (Å²) in [6.45, 7) is 4.60. The quantitative estimate of drug-likeness (QED) is 0.585. The molecule has 23 heavy (non-hydrogen) atoms. The van der Waals surface area contributed by atoms with Crippen LogP contribution >= 0.6 is 0 Å². The second-order valence-corrected chi connectivity index (χ2v) is 5.41. The number of rotatable bonds is 5. The van der Waals surface area contributed by atoms with Crippen LogP contribution in [0.2, 0.25) is 0 Å². The number of benzene rings is 2. The Bertz CT molecular complexity index is 711. The smallest absolute Gasteiger partial charge is 0.193 e. The van der Waals surface area contributed by atoms with Crippen molar-refractivity contribution in [3.63, 3.8) is 0 Å². The highest BCUT2D eigenvalue weighted by molar-refractivity contribution is 5.92. The molecule has 0 unspecified atom stereocenters. The highest BCUT2D eigenvalue weighted by atomic mass is 16.5. The number of hydrogen-bond donors (Lipinski definition) is 3. The normalized spacial score (nSPS) is 11.3. The molecule has 2 rings (SSSR count). The van der Waals surface area contributed by atoms with E-state index < -0.39 is 0 Å². The van der Waals surface area contributed by atoms with Gasteiger partial charge in [0.15, 0.2) is 17.5 Å². The standard InChI is InChI=1S/C18H23N3O2/c1-12-7-8-15(11-13(12)2)21-18(19)20-10-9-14-5-4-6-16(23-3)17(14)22/h4-8,11,22H,9-10H2,1-3H3,(H3,19,20,21). The third-order valence-corrected chi connectivity index (χ3v) is 3.75.